The van der Waals surface area contributed by atoms with E-state index in [0.29, 0.717) is 5.56 Å². The maximum Gasteiger partial charge on any atom is 0.257 e. The Hall–Kier alpha value is -3.33. The molecule has 4 aromatic rings. The second-order valence-electron chi connectivity index (χ2n) is 6.44. The van der Waals surface area contributed by atoms with Crippen molar-refractivity contribution in [3.8, 4) is 5.69 Å². The van der Waals surface area contributed by atoms with E-state index in [4.69, 9.17) is 0 Å². The van der Waals surface area contributed by atoms with Crippen LogP contribution in [0.2, 0.25) is 0 Å². The topological polar surface area (TPSA) is 34.0 Å². The molecule has 0 unspecified atom stereocenters. The molecule has 1 N–H and O–H groups in total. The minimum Gasteiger partial charge on any atom is -0.321 e. The Morgan fingerprint density at radius 2 is 1.54 bits per heavy atom. The van der Waals surface area contributed by atoms with Crippen LogP contribution >= 0.6 is 0 Å². The summed E-state index contributed by atoms with van der Waals surface area (Å²) in [5, 5.41) is 5.23. The molecule has 0 spiro atoms. The number of amides is 1. The lowest BCUT2D eigenvalue weighted by Gasteiger charge is -2.11. The first-order valence-corrected chi connectivity index (χ1v) is 8.68. The molecule has 0 atom stereocenters. The second kappa shape index (κ2) is 6.52. The number of nitrogens with one attached hydrogen (secondary N) is 1. The van der Waals surface area contributed by atoms with Gasteiger partial charge in [0.15, 0.2) is 0 Å². The first-order valence-electron chi connectivity index (χ1n) is 8.68. The van der Waals surface area contributed by atoms with Crippen LogP contribution in [0.3, 0.4) is 0 Å². The number of rotatable bonds is 3. The van der Waals surface area contributed by atoms with Crippen LogP contribution in [0, 0.1) is 13.8 Å². The van der Waals surface area contributed by atoms with E-state index in [1.165, 1.54) is 0 Å². The third-order valence-corrected chi connectivity index (χ3v) is 4.73. The van der Waals surface area contributed by atoms with Crippen molar-refractivity contribution >= 4 is 22.4 Å². The largest absolute Gasteiger partial charge is 0.321 e. The lowest BCUT2D eigenvalue weighted by Crippen LogP contribution is -2.13. The molecule has 128 valence electrons. The zero-order valence-corrected chi connectivity index (χ0v) is 14.9. The predicted octanol–water partition coefficient (Wildman–Crippen LogP) is 5.50. The molecule has 1 heterocycles. The number of aryl methyl sites for hydroxylation is 1. The molecule has 0 aliphatic rings. The van der Waals surface area contributed by atoms with Gasteiger partial charge in [-0.3, -0.25) is 4.79 Å². The number of anilines is 1. The number of nitrogens with zero attached hydrogens (tertiary/aromatic N) is 1. The fourth-order valence-electron chi connectivity index (χ4n) is 3.49. The number of para-hydroxylation sites is 1. The van der Waals surface area contributed by atoms with Crippen LogP contribution in [0.15, 0.2) is 78.9 Å². The van der Waals surface area contributed by atoms with E-state index in [2.05, 4.69) is 9.88 Å². The monoisotopic (exact) mass is 340 g/mol. The summed E-state index contributed by atoms with van der Waals surface area (Å²) >= 11 is 0. The van der Waals surface area contributed by atoms with Crippen LogP contribution in [-0.4, -0.2) is 10.5 Å². The zero-order valence-electron chi connectivity index (χ0n) is 14.9. The second-order valence-corrected chi connectivity index (χ2v) is 6.44. The highest BCUT2D eigenvalue weighted by molar-refractivity contribution is 6.09. The Kier molecular flexibility index (Phi) is 4.05. The number of aromatic nitrogens is 1. The van der Waals surface area contributed by atoms with Crippen LogP contribution in [-0.2, 0) is 0 Å². The summed E-state index contributed by atoms with van der Waals surface area (Å²) in [6, 6.07) is 26.1. The van der Waals surface area contributed by atoms with Crippen LogP contribution in [0.1, 0.15) is 21.7 Å². The molecule has 1 amide bonds. The Bertz CT molecular complexity index is 1090. The first kappa shape index (κ1) is 16.2. The summed E-state index contributed by atoms with van der Waals surface area (Å²) < 4.78 is 2.11. The van der Waals surface area contributed by atoms with Gasteiger partial charge in [-0.2, -0.15) is 0 Å². The Balaban J connectivity index is 1.71. The summed E-state index contributed by atoms with van der Waals surface area (Å²) in [6.07, 6.45) is 0. The van der Waals surface area contributed by atoms with E-state index >= 15 is 0 Å². The summed E-state index contributed by atoms with van der Waals surface area (Å²) in [5.74, 6) is -0.0864. The van der Waals surface area contributed by atoms with Crippen molar-refractivity contribution in [2.45, 2.75) is 13.8 Å². The van der Waals surface area contributed by atoms with Crippen molar-refractivity contribution in [2.75, 3.05) is 5.32 Å². The minimum atomic E-state index is -0.0864. The number of carbonyl (C=O) groups is 1. The third-order valence-electron chi connectivity index (χ3n) is 4.73. The Labute approximate surface area is 152 Å². The summed E-state index contributed by atoms with van der Waals surface area (Å²) in [7, 11) is 0. The van der Waals surface area contributed by atoms with E-state index in [1.807, 2.05) is 92.7 Å². The molecular weight excluding hydrogens is 320 g/mol. The molecule has 0 bridgehead atoms. The number of hydrogen-bond donors (Lipinski definition) is 1. The maximum absolute atomic E-state index is 13.0. The van der Waals surface area contributed by atoms with Crippen molar-refractivity contribution in [2.24, 2.45) is 0 Å². The van der Waals surface area contributed by atoms with E-state index in [9.17, 15) is 4.79 Å². The highest BCUT2D eigenvalue weighted by atomic mass is 16.1. The molecule has 1 aromatic heterocycles. The molecule has 0 aliphatic heterocycles. The van der Waals surface area contributed by atoms with Gasteiger partial charge < -0.3 is 9.88 Å². The van der Waals surface area contributed by atoms with Gasteiger partial charge in [0.1, 0.15) is 0 Å². The van der Waals surface area contributed by atoms with E-state index in [1.54, 1.807) is 0 Å². The minimum absolute atomic E-state index is 0.0864. The molecule has 3 heteroatoms. The van der Waals surface area contributed by atoms with Crippen LogP contribution < -0.4 is 5.32 Å². The molecule has 0 saturated carbocycles. The Morgan fingerprint density at radius 1 is 0.846 bits per heavy atom. The summed E-state index contributed by atoms with van der Waals surface area (Å²) in [6.45, 7) is 4.01. The molecule has 3 aromatic carbocycles. The van der Waals surface area contributed by atoms with Crippen molar-refractivity contribution in [3.63, 3.8) is 0 Å². The van der Waals surface area contributed by atoms with Crippen molar-refractivity contribution < 1.29 is 4.79 Å². The summed E-state index contributed by atoms with van der Waals surface area (Å²) in [5.41, 5.74) is 4.56. The molecule has 0 saturated heterocycles. The lowest BCUT2D eigenvalue weighted by molar-refractivity contribution is 0.102. The maximum atomic E-state index is 13.0. The van der Waals surface area contributed by atoms with E-state index < -0.39 is 0 Å². The number of fused-ring (bicyclic) bond motifs is 1. The number of benzene rings is 3. The van der Waals surface area contributed by atoms with Crippen LogP contribution in [0.25, 0.3) is 16.5 Å². The zero-order chi connectivity index (χ0) is 18.1. The van der Waals surface area contributed by atoms with Crippen LogP contribution in [0.5, 0.6) is 0 Å². The SMILES string of the molecule is Cc1cc(C(=O)Nc2cccc3ccccc23)c(C)n1-c1ccccc1. The number of carbonyl (C=O) groups excluding carboxylic acids is 1. The molecule has 3 nitrogen and oxygen atoms in total. The first-order chi connectivity index (χ1) is 12.6. The van der Waals surface area contributed by atoms with Gasteiger partial charge in [-0.25, -0.2) is 0 Å². The fourth-order valence-corrected chi connectivity index (χ4v) is 3.49. The quantitative estimate of drug-likeness (QED) is 0.525. The molecule has 0 radical (unpaired) electrons. The number of hydrogen-bond acceptors (Lipinski definition) is 1. The molecule has 0 fully saturated rings. The molecule has 0 aliphatic carbocycles. The normalized spacial score (nSPS) is 10.8. The van der Waals surface area contributed by atoms with E-state index in [0.717, 1.165) is 33.5 Å². The van der Waals surface area contributed by atoms with Gasteiger partial charge in [0, 0.05) is 28.1 Å². The molecule has 4 rings (SSSR count). The van der Waals surface area contributed by atoms with Gasteiger partial charge in [0.25, 0.3) is 5.91 Å². The smallest absolute Gasteiger partial charge is 0.257 e. The third kappa shape index (κ3) is 2.78. The van der Waals surface area contributed by atoms with Crippen molar-refractivity contribution in [1.29, 1.82) is 0 Å². The van der Waals surface area contributed by atoms with Gasteiger partial charge in [-0.15, -0.1) is 0 Å². The highest BCUT2D eigenvalue weighted by Gasteiger charge is 2.17. The average Bonchev–Trinajstić information content (AvgIpc) is 2.97. The van der Waals surface area contributed by atoms with Crippen molar-refractivity contribution in [3.05, 3.63) is 95.8 Å². The van der Waals surface area contributed by atoms with Crippen molar-refractivity contribution in [1.82, 2.24) is 4.57 Å². The van der Waals surface area contributed by atoms with Gasteiger partial charge >= 0.3 is 0 Å². The molecule has 26 heavy (non-hydrogen) atoms. The van der Waals surface area contributed by atoms with Gasteiger partial charge in [-0.05, 0) is 43.5 Å². The summed E-state index contributed by atoms with van der Waals surface area (Å²) in [4.78, 5) is 13.0. The molecular formula is C23H20N2O. The highest BCUT2D eigenvalue weighted by Crippen LogP contribution is 2.25. The van der Waals surface area contributed by atoms with Gasteiger partial charge in [-0.1, -0.05) is 54.6 Å². The lowest BCUT2D eigenvalue weighted by atomic mass is 10.1. The van der Waals surface area contributed by atoms with Gasteiger partial charge in [0.05, 0.1) is 5.56 Å². The standard InChI is InChI=1S/C23H20N2O/c1-16-15-21(17(2)25(16)19-11-4-3-5-12-19)23(26)24-22-14-8-10-18-9-6-7-13-20(18)22/h3-15H,1-2H3,(H,24,26). The van der Waals surface area contributed by atoms with Gasteiger partial charge in [0.2, 0.25) is 0 Å². The fraction of sp³-hybridized carbons (Fsp3) is 0.0870. The predicted molar refractivity (Wildman–Crippen MR) is 107 cm³/mol. The Morgan fingerprint density at radius 3 is 2.35 bits per heavy atom. The van der Waals surface area contributed by atoms with Crippen LogP contribution in [0.4, 0.5) is 5.69 Å². The van der Waals surface area contributed by atoms with E-state index in [-0.39, 0.29) is 5.91 Å². The average molecular weight is 340 g/mol.